The van der Waals surface area contributed by atoms with Crippen LogP contribution in [0.3, 0.4) is 0 Å². The van der Waals surface area contributed by atoms with Crippen molar-refractivity contribution in [3.63, 3.8) is 0 Å². The molecular weight excluding hydrogens is 230 g/mol. The summed E-state index contributed by atoms with van der Waals surface area (Å²) in [7, 11) is -0.741. The van der Waals surface area contributed by atoms with Crippen molar-refractivity contribution < 1.29 is 4.21 Å². The Morgan fingerprint density at radius 3 is 2.53 bits per heavy atom. The van der Waals surface area contributed by atoms with Crippen LogP contribution in [0.1, 0.15) is 12.5 Å². The van der Waals surface area contributed by atoms with Gasteiger partial charge in [-0.15, -0.1) is 0 Å². The van der Waals surface area contributed by atoms with Gasteiger partial charge in [-0.05, 0) is 24.6 Å². The zero-order valence-corrected chi connectivity index (χ0v) is 10.6. The lowest BCUT2D eigenvalue weighted by molar-refractivity contribution is 0.587. The Bertz CT molecular complexity index is 326. The van der Waals surface area contributed by atoms with E-state index in [0.29, 0.717) is 5.75 Å². The molecule has 0 saturated carbocycles. The predicted molar refractivity (Wildman–Crippen MR) is 66.7 cm³/mol. The Hall–Kier alpha value is -0.380. The number of rotatable bonds is 5. The number of benzene rings is 1. The van der Waals surface area contributed by atoms with E-state index in [-0.39, 0.29) is 6.04 Å². The van der Waals surface area contributed by atoms with Crippen molar-refractivity contribution in [1.29, 1.82) is 0 Å². The monoisotopic (exact) mass is 245 g/mol. The second-order valence-corrected chi connectivity index (χ2v) is 5.56. The molecule has 1 N–H and O–H groups in total. The van der Waals surface area contributed by atoms with Crippen molar-refractivity contribution >= 4 is 22.4 Å². The summed E-state index contributed by atoms with van der Waals surface area (Å²) in [5.41, 5.74) is 1.19. The second kappa shape index (κ2) is 6.26. The highest BCUT2D eigenvalue weighted by Gasteiger charge is 2.03. The normalized spacial score (nSPS) is 14.9. The minimum Gasteiger partial charge on any atom is -0.309 e. The molecule has 0 aliphatic heterocycles. The number of nitrogens with one attached hydrogen (secondary N) is 1. The fourth-order valence-corrected chi connectivity index (χ4v) is 2.25. The van der Waals surface area contributed by atoms with E-state index in [4.69, 9.17) is 11.6 Å². The van der Waals surface area contributed by atoms with Crippen LogP contribution in [0.25, 0.3) is 0 Å². The smallest absolute Gasteiger partial charge is 0.0406 e. The number of halogens is 1. The molecule has 1 aromatic carbocycles. The molecule has 1 rings (SSSR count). The van der Waals surface area contributed by atoms with Crippen molar-refractivity contribution in [2.24, 2.45) is 0 Å². The summed E-state index contributed by atoms with van der Waals surface area (Å²) < 4.78 is 11.0. The third-order valence-corrected chi connectivity index (χ3v) is 3.27. The van der Waals surface area contributed by atoms with Crippen molar-refractivity contribution in [3.8, 4) is 0 Å². The quantitative estimate of drug-likeness (QED) is 0.862. The molecule has 84 valence electrons. The van der Waals surface area contributed by atoms with Crippen LogP contribution in [-0.4, -0.2) is 22.3 Å². The van der Waals surface area contributed by atoms with Gasteiger partial charge in [0.25, 0.3) is 0 Å². The molecule has 2 atom stereocenters. The van der Waals surface area contributed by atoms with Gasteiger partial charge in [0.05, 0.1) is 0 Å². The van der Waals surface area contributed by atoms with Crippen LogP contribution < -0.4 is 5.32 Å². The first-order valence-electron chi connectivity index (χ1n) is 4.86. The molecule has 0 fully saturated rings. The Balaban J connectivity index is 2.36. The highest BCUT2D eigenvalue weighted by atomic mass is 35.5. The molecule has 0 heterocycles. The molecule has 0 saturated heterocycles. The summed E-state index contributed by atoms with van der Waals surface area (Å²) in [4.78, 5) is 0. The first kappa shape index (κ1) is 12.7. The molecule has 2 nitrogen and oxygen atoms in total. The van der Waals surface area contributed by atoms with E-state index in [0.717, 1.165) is 11.6 Å². The zero-order chi connectivity index (χ0) is 11.3. The average Bonchev–Trinajstić information content (AvgIpc) is 2.16. The first-order valence-corrected chi connectivity index (χ1v) is 6.96. The van der Waals surface area contributed by atoms with E-state index in [9.17, 15) is 4.21 Å². The molecule has 1 aromatic rings. The van der Waals surface area contributed by atoms with E-state index in [1.54, 1.807) is 6.26 Å². The second-order valence-electron chi connectivity index (χ2n) is 3.65. The van der Waals surface area contributed by atoms with Crippen LogP contribution in [0.2, 0.25) is 5.02 Å². The van der Waals surface area contributed by atoms with E-state index < -0.39 is 10.8 Å². The number of hydrogen-bond donors (Lipinski definition) is 1. The third-order valence-electron chi connectivity index (χ3n) is 2.05. The van der Waals surface area contributed by atoms with Gasteiger partial charge in [-0.25, -0.2) is 0 Å². The van der Waals surface area contributed by atoms with Crippen molar-refractivity contribution in [2.75, 3.05) is 12.0 Å². The standard InChI is InChI=1S/C11H16ClNOS/c1-9(8-15(2)14)13-7-10-3-5-11(12)6-4-10/h3-6,9,13H,7-8H2,1-2H3. The third kappa shape index (κ3) is 5.30. The summed E-state index contributed by atoms with van der Waals surface area (Å²) >= 11 is 5.78. The van der Waals surface area contributed by atoms with Gasteiger partial charge >= 0.3 is 0 Å². The van der Waals surface area contributed by atoms with Crippen LogP contribution in [0.15, 0.2) is 24.3 Å². The molecule has 4 heteroatoms. The van der Waals surface area contributed by atoms with E-state index in [1.165, 1.54) is 5.56 Å². The fourth-order valence-electron chi connectivity index (χ4n) is 1.31. The van der Waals surface area contributed by atoms with Crippen LogP contribution in [-0.2, 0) is 17.3 Å². The summed E-state index contributed by atoms with van der Waals surface area (Å²) in [5.74, 6) is 0.688. The van der Waals surface area contributed by atoms with Gasteiger partial charge in [-0.3, -0.25) is 4.21 Å². The number of hydrogen-bond acceptors (Lipinski definition) is 2. The van der Waals surface area contributed by atoms with Gasteiger partial charge in [0, 0.05) is 40.4 Å². The maximum Gasteiger partial charge on any atom is 0.0406 e. The lowest BCUT2D eigenvalue weighted by Crippen LogP contribution is -2.30. The molecule has 0 amide bonds. The predicted octanol–water partition coefficient (Wildman–Crippen LogP) is 2.20. The topological polar surface area (TPSA) is 29.1 Å². The van der Waals surface area contributed by atoms with Gasteiger partial charge in [0.2, 0.25) is 0 Å². The highest BCUT2D eigenvalue weighted by molar-refractivity contribution is 7.84. The van der Waals surface area contributed by atoms with Gasteiger partial charge in [-0.2, -0.15) is 0 Å². The van der Waals surface area contributed by atoms with Gasteiger partial charge < -0.3 is 5.32 Å². The molecule has 0 spiro atoms. The molecule has 0 aromatic heterocycles. The maximum atomic E-state index is 11.0. The lowest BCUT2D eigenvalue weighted by Gasteiger charge is -2.12. The minimum atomic E-state index is -0.741. The Kier molecular flexibility index (Phi) is 5.29. The van der Waals surface area contributed by atoms with Crippen molar-refractivity contribution in [2.45, 2.75) is 19.5 Å². The summed E-state index contributed by atoms with van der Waals surface area (Å²) in [6.45, 7) is 2.83. The molecule has 0 bridgehead atoms. The molecule has 0 aliphatic rings. The Morgan fingerprint density at radius 2 is 2.00 bits per heavy atom. The highest BCUT2D eigenvalue weighted by Crippen LogP contribution is 2.09. The molecule has 15 heavy (non-hydrogen) atoms. The summed E-state index contributed by atoms with van der Waals surface area (Å²) in [5, 5.41) is 4.06. The minimum absolute atomic E-state index is 0.270. The zero-order valence-electron chi connectivity index (χ0n) is 9.00. The summed E-state index contributed by atoms with van der Waals surface area (Å²) in [6, 6.07) is 8.00. The maximum absolute atomic E-state index is 11.0. The average molecular weight is 246 g/mol. The van der Waals surface area contributed by atoms with Gasteiger partial charge in [0.15, 0.2) is 0 Å². The Labute approximate surface area is 98.5 Å². The van der Waals surface area contributed by atoms with Gasteiger partial charge in [0.1, 0.15) is 0 Å². The molecule has 0 aliphatic carbocycles. The van der Waals surface area contributed by atoms with Gasteiger partial charge in [-0.1, -0.05) is 23.7 Å². The van der Waals surface area contributed by atoms with Crippen LogP contribution in [0, 0.1) is 0 Å². The van der Waals surface area contributed by atoms with Crippen LogP contribution >= 0.6 is 11.6 Å². The summed E-state index contributed by atoms with van der Waals surface area (Å²) in [6.07, 6.45) is 1.72. The Morgan fingerprint density at radius 1 is 1.40 bits per heavy atom. The molecule has 2 unspecified atom stereocenters. The van der Waals surface area contributed by atoms with Crippen LogP contribution in [0.5, 0.6) is 0 Å². The molecular formula is C11H16ClNOS. The largest absolute Gasteiger partial charge is 0.309 e. The van der Waals surface area contributed by atoms with Crippen molar-refractivity contribution in [1.82, 2.24) is 5.32 Å². The molecule has 0 radical (unpaired) electrons. The fraction of sp³-hybridized carbons (Fsp3) is 0.455. The van der Waals surface area contributed by atoms with E-state index >= 15 is 0 Å². The SMILES string of the molecule is CC(CS(C)=O)NCc1ccc(Cl)cc1. The first-order chi connectivity index (χ1) is 7.08. The van der Waals surface area contributed by atoms with E-state index in [1.807, 2.05) is 31.2 Å². The lowest BCUT2D eigenvalue weighted by atomic mass is 10.2. The van der Waals surface area contributed by atoms with Crippen LogP contribution in [0.4, 0.5) is 0 Å². The van der Waals surface area contributed by atoms with Crippen molar-refractivity contribution in [3.05, 3.63) is 34.9 Å². The van der Waals surface area contributed by atoms with E-state index in [2.05, 4.69) is 5.32 Å².